The molecular weight excluding hydrogens is 268 g/mol. The minimum Gasteiger partial charge on any atom is -0.328 e. The van der Waals surface area contributed by atoms with Gasteiger partial charge in [-0.25, -0.2) is 8.42 Å². The van der Waals surface area contributed by atoms with Crippen LogP contribution in [0.1, 0.15) is 30.6 Å². The van der Waals surface area contributed by atoms with Crippen LogP contribution in [0.15, 0.2) is 16.3 Å². The third kappa shape index (κ3) is 2.77. The molecule has 1 aliphatic rings. The molecule has 1 saturated carbocycles. The van der Waals surface area contributed by atoms with Crippen LogP contribution in [-0.4, -0.2) is 31.9 Å². The van der Waals surface area contributed by atoms with Gasteiger partial charge in [0.15, 0.2) is 0 Å². The van der Waals surface area contributed by atoms with Crippen molar-refractivity contribution in [3.8, 4) is 0 Å². The molecule has 0 atom stereocenters. The molecule has 0 saturated heterocycles. The molecule has 0 aliphatic heterocycles. The number of nitrogens with zero attached hydrogens (tertiary/aromatic N) is 1. The summed E-state index contributed by atoms with van der Waals surface area (Å²) in [4.78, 5) is 1.02. The van der Waals surface area contributed by atoms with Crippen molar-refractivity contribution in [3.63, 3.8) is 0 Å². The van der Waals surface area contributed by atoms with Crippen molar-refractivity contribution in [2.75, 3.05) is 7.05 Å². The second-order valence-electron chi connectivity index (χ2n) is 4.95. The van der Waals surface area contributed by atoms with E-state index in [1.165, 1.54) is 15.6 Å². The molecule has 1 aliphatic carbocycles. The Balaban J connectivity index is 2.15. The second-order valence-corrected chi connectivity index (χ2v) is 8.47. The zero-order valence-corrected chi connectivity index (χ0v) is 12.4. The topological polar surface area (TPSA) is 63.4 Å². The molecule has 0 unspecified atom stereocenters. The van der Waals surface area contributed by atoms with Crippen molar-refractivity contribution in [2.45, 2.75) is 48.9 Å². The van der Waals surface area contributed by atoms with Crippen molar-refractivity contribution >= 4 is 21.4 Å². The van der Waals surface area contributed by atoms with Gasteiger partial charge in [0.1, 0.15) is 4.21 Å². The highest BCUT2D eigenvalue weighted by molar-refractivity contribution is 7.91. The monoisotopic (exact) mass is 288 g/mol. The molecule has 1 aromatic rings. The van der Waals surface area contributed by atoms with Crippen LogP contribution in [0.2, 0.25) is 0 Å². The van der Waals surface area contributed by atoms with Crippen LogP contribution in [0.25, 0.3) is 0 Å². The lowest BCUT2D eigenvalue weighted by Gasteiger charge is -2.32. The highest BCUT2D eigenvalue weighted by Crippen LogP contribution is 2.29. The van der Waals surface area contributed by atoms with E-state index in [1.807, 2.05) is 13.0 Å². The summed E-state index contributed by atoms with van der Waals surface area (Å²) in [5.74, 6) is 0. The van der Waals surface area contributed by atoms with Crippen LogP contribution in [-0.2, 0) is 10.0 Å². The number of sulfonamides is 1. The van der Waals surface area contributed by atoms with Gasteiger partial charge in [-0.15, -0.1) is 11.3 Å². The van der Waals surface area contributed by atoms with E-state index in [0.717, 1.165) is 30.6 Å². The van der Waals surface area contributed by atoms with Gasteiger partial charge in [-0.05, 0) is 44.7 Å². The standard InChI is InChI=1S/C12H20N2O2S2/c1-9-3-8-12(17-9)18(15,16)14(2)11-6-4-10(13)5-7-11/h3,8,10-11H,4-7,13H2,1-2H3. The first kappa shape index (κ1) is 14.0. The molecule has 2 rings (SSSR count). The summed E-state index contributed by atoms with van der Waals surface area (Å²) < 4.78 is 26.8. The Hall–Kier alpha value is -0.430. The van der Waals surface area contributed by atoms with E-state index < -0.39 is 10.0 Å². The molecule has 0 aromatic carbocycles. The zero-order chi connectivity index (χ0) is 13.3. The fourth-order valence-corrected chi connectivity index (χ4v) is 5.24. The van der Waals surface area contributed by atoms with E-state index in [-0.39, 0.29) is 12.1 Å². The summed E-state index contributed by atoms with van der Waals surface area (Å²) in [5.41, 5.74) is 5.85. The molecule has 2 N–H and O–H groups in total. The SMILES string of the molecule is Cc1ccc(S(=O)(=O)N(C)C2CCC(N)CC2)s1. The lowest BCUT2D eigenvalue weighted by atomic mass is 9.92. The van der Waals surface area contributed by atoms with Crippen LogP contribution in [0, 0.1) is 6.92 Å². The maximum absolute atomic E-state index is 12.4. The number of thiophene rings is 1. The van der Waals surface area contributed by atoms with Crippen LogP contribution in [0.4, 0.5) is 0 Å². The van der Waals surface area contributed by atoms with Crippen molar-refractivity contribution in [2.24, 2.45) is 5.73 Å². The molecule has 4 nitrogen and oxygen atoms in total. The molecule has 1 heterocycles. The summed E-state index contributed by atoms with van der Waals surface area (Å²) in [6.45, 7) is 1.92. The van der Waals surface area contributed by atoms with E-state index >= 15 is 0 Å². The van der Waals surface area contributed by atoms with Gasteiger partial charge in [0.05, 0.1) is 0 Å². The predicted molar refractivity (Wildman–Crippen MR) is 74.2 cm³/mol. The number of hydrogen-bond donors (Lipinski definition) is 1. The fourth-order valence-electron chi connectivity index (χ4n) is 2.35. The van der Waals surface area contributed by atoms with Crippen LogP contribution < -0.4 is 5.73 Å². The Morgan fingerprint density at radius 1 is 1.28 bits per heavy atom. The lowest BCUT2D eigenvalue weighted by molar-refractivity contribution is 0.269. The van der Waals surface area contributed by atoms with E-state index in [2.05, 4.69) is 0 Å². The molecule has 1 fully saturated rings. The molecular formula is C12H20N2O2S2. The zero-order valence-electron chi connectivity index (χ0n) is 10.8. The molecule has 6 heteroatoms. The van der Waals surface area contributed by atoms with Crippen molar-refractivity contribution in [3.05, 3.63) is 17.0 Å². The summed E-state index contributed by atoms with van der Waals surface area (Å²) in [6, 6.07) is 3.88. The summed E-state index contributed by atoms with van der Waals surface area (Å²) >= 11 is 1.33. The number of nitrogens with two attached hydrogens (primary N) is 1. The van der Waals surface area contributed by atoms with Crippen LogP contribution >= 0.6 is 11.3 Å². The predicted octanol–water partition coefficient (Wildman–Crippen LogP) is 1.95. The van der Waals surface area contributed by atoms with Gasteiger partial charge in [0.2, 0.25) is 0 Å². The Labute approximate surface area is 113 Å². The first-order valence-electron chi connectivity index (χ1n) is 6.21. The number of hydrogen-bond acceptors (Lipinski definition) is 4. The average Bonchev–Trinajstić information content (AvgIpc) is 2.76. The van der Waals surface area contributed by atoms with Gasteiger partial charge >= 0.3 is 0 Å². The minimum atomic E-state index is -3.32. The first-order chi connectivity index (χ1) is 8.41. The molecule has 102 valence electrons. The number of aryl methyl sites for hydroxylation is 1. The van der Waals surface area contributed by atoms with E-state index in [4.69, 9.17) is 5.73 Å². The van der Waals surface area contributed by atoms with Crippen LogP contribution in [0.3, 0.4) is 0 Å². The van der Waals surface area contributed by atoms with Gasteiger partial charge < -0.3 is 5.73 Å². The van der Waals surface area contributed by atoms with E-state index in [9.17, 15) is 8.42 Å². The Morgan fingerprint density at radius 2 is 1.89 bits per heavy atom. The summed E-state index contributed by atoms with van der Waals surface area (Å²) in [7, 11) is -1.64. The van der Waals surface area contributed by atoms with Gasteiger partial charge in [0.25, 0.3) is 10.0 Å². The third-order valence-electron chi connectivity index (χ3n) is 3.60. The Morgan fingerprint density at radius 3 is 2.39 bits per heavy atom. The Bertz CT molecular complexity index is 502. The van der Waals surface area contributed by atoms with Gasteiger partial charge in [0, 0.05) is 24.0 Å². The van der Waals surface area contributed by atoms with Gasteiger partial charge in [-0.3, -0.25) is 0 Å². The normalized spacial score (nSPS) is 25.6. The largest absolute Gasteiger partial charge is 0.328 e. The van der Waals surface area contributed by atoms with E-state index in [1.54, 1.807) is 13.1 Å². The van der Waals surface area contributed by atoms with Gasteiger partial charge in [-0.1, -0.05) is 0 Å². The summed E-state index contributed by atoms with van der Waals surface area (Å²) in [5, 5.41) is 0. The van der Waals surface area contributed by atoms with Crippen molar-refractivity contribution < 1.29 is 8.42 Å². The molecule has 0 bridgehead atoms. The van der Waals surface area contributed by atoms with E-state index in [0.29, 0.717) is 4.21 Å². The first-order valence-corrected chi connectivity index (χ1v) is 8.47. The Kier molecular flexibility index (Phi) is 4.11. The fraction of sp³-hybridized carbons (Fsp3) is 0.667. The molecule has 1 aromatic heterocycles. The number of rotatable bonds is 3. The third-order valence-corrected chi connectivity index (χ3v) is 6.98. The maximum atomic E-state index is 12.4. The van der Waals surface area contributed by atoms with Gasteiger partial charge in [-0.2, -0.15) is 4.31 Å². The molecule has 0 amide bonds. The molecule has 0 radical (unpaired) electrons. The summed E-state index contributed by atoms with van der Waals surface area (Å²) in [6.07, 6.45) is 3.55. The molecule has 18 heavy (non-hydrogen) atoms. The minimum absolute atomic E-state index is 0.0946. The average molecular weight is 288 g/mol. The lowest BCUT2D eigenvalue weighted by Crippen LogP contribution is -2.41. The maximum Gasteiger partial charge on any atom is 0.252 e. The van der Waals surface area contributed by atoms with Crippen LogP contribution in [0.5, 0.6) is 0 Å². The van der Waals surface area contributed by atoms with Crippen molar-refractivity contribution in [1.82, 2.24) is 4.31 Å². The highest BCUT2D eigenvalue weighted by atomic mass is 32.2. The quantitative estimate of drug-likeness (QED) is 0.924. The second kappa shape index (κ2) is 5.28. The van der Waals surface area contributed by atoms with Crippen molar-refractivity contribution in [1.29, 1.82) is 0 Å². The smallest absolute Gasteiger partial charge is 0.252 e. The highest BCUT2D eigenvalue weighted by Gasteiger charge is 2.31. The molecule has 0 spiro atoms.